The molecule has 0 bridgehead atoms. The number of aromatic amines is 1. The molecular weight excluding hydrogens is 293 g/mol. The summed E-state index contributed by atoms with van der Waals surface area (Å²) in [4.78, 5) is 8.91. The van der Waals surface area contributed by atoms with Gasteiger partial charge in [0.15, 0.2) is 0 Å². The van der Waals surface area contributed by atoms with Crippen LogP contribution in [0, 0.1) is 0 Å². The molecule has 4 nitrogen and oxygen atoms in total. The highest BCUT2D eigenvalue weighted by Crippen LogP contribution is 2.37. The van der Waals surface area contributed by atoms with E-state index < -0.39 is 11.7 Å². The Hall–Kier alpha value is -2.02. The minimum Gasteiger partial charge on any atom is -0.369 e. The number of hydrogen-bond donors (Lipinski definition) is 2. The largest absolute Gasteiger partial charge is 0.418 e. The van der Waals surface area contributed by atoms with Crippen LogP contribution in [0.25, 0.3) is 0 Å². The van der Waals surface area contributed by atoms with E-state index in [1.807, 2.05) is 0 Å². The molecule has 1 aliphatic rings. The summed E-state index contributed by atoms with van der Waals surface area (Å²) in [6.07, 6.45) is -0.0851. The van der Waals surface area contributed by atoms with Crippen molar-refractivity contribution in [1.29, 1.82) is 0 Å². The molecular formula is C15H17F3N4. The number of rotatable bonds is 4. The number of imidazole rings is 1. The number of anilines is 1. The summed E-state index contributed by atoms with van der Waals surface area (Å²) < 4.78 is 39.2. The molecule has 1 aliphatic heterocycles. The Bertz CT molecular complexity index is 610. The van der Waals surface area contributed by atoms with Crippen molar-refractivity contribution in [3.05, 3.63) is 48.0 Å². The van der Waals surface area contributed by atoms with E-state index >= 15 is 0 Å². The van der Waals surface area contributed by atoms with Crippen LogP contribution in [0.3, 0.4) is 0 Å². The molecule has 2 heterocycles. The maximum atomic E-state index is 13.1. The summed E-state index contributed by atoms with van der Waals surface area (Å²) in [5.41, 5.74) is -0.306. The highest BCUT2D eigenvalue weighted by atomic mass is 19.4. The van der Waals surface area contributed by atoms with Gasteiger partial charge in [0.25, 0.3) is 0 Å². The molecule has 0 unspecified atom stereocenters. The van der Waals surface area contributed by atoms with E-state index in [0.29, 0.717) is 19.6 Å². The van der Waals surface area contributed by atoms with Crippen LogP contribution in [0.5, 0.6) is 0 Å². The number of benzene rings is 1. The van der Waals surface area contributed by atoms with Crippen LogP contribution >= 0.6 is 0 Å². The first-order valence-corrected chi connectivity index (χ1v) is 7.17. The zero-order valence-electron chi connectivity index (χ0n) is 11.9. The number of para-hydroxylation sites is 1. The van der Waals surface area contributed by atoms with Crippen LogP contribution in [-0.2, 0) is 12.7 Å². The Labute approximate surface area is 126 Å². The highest BCUT2D eigenvalue weighted by Gasteiger charge is 2.36. The van der Waals surface area contributed by atoms with Gasteiger partial charge in [0.2, 0.25) is 0 Å². The first-order chi connectivity index (χ1) is 10.5. The van der Waals surface area contributed by atoms with Crippen molar-refractivity contribution in [3.63, 3.8) is 0 Å². The number of nitrogens with zero attached hydrogens (tertiary/aromatic N) is 2. The SMILES string of the molecule is FC(F)(F)c1ccccc1N1CC[C@H](NCc2ncc[nH]2)C1. The molecule has 2 N–H and O–H groups in total. The van der Waals surface area contributed by atoms with Crippen molar-refractivity contribution in [2.24, 2.45) is 0 Å². The molecule has 7 heteroatoms. The Balaban J connectivity index is 1.65. The summed E-state index contributed by atoms with van der Waals surface area (Å²) in [6.45, 7) is 1.77. The molecule has 0 radical (unpaired) electrons. The maximum Gasteiger partial charge on any atom is 0.418 e. The third kappa shape index (κ3) is 3.24. The number of aromatic nitrogens is 2. The second-order valence-corrected chi connectivity index (χ2v) is 5.36. The first kappa shape index (κ1) is 14.9. The number of nitrogens with one attached hydrogen (secondary N) is 2. The lowest BCUT2D eigenvalue weighted by atomic mass is 10.1. The Morgan fingerprint density at radius 1 is 1.32 bits per heavy atom. The molecule has 0 amide bonds. The van der Waals surface area contributed by atoms with Crippen LogP contribution in [0.1, 0.15) is 17.8 Å². The van der Waals surface area contributed by atoms with E-state index in [1.165, 1.54) is 12.1 Å². The predicted molar refractivity (Wildman–Crippen MR) is 77.5 cm³/mol. The van der Waals surface area contributed by atoms with Crippen molar-refractivity contribution >= 4 is 5.69 Å². The Kier molecular flexibility index (Phi) is 4.06. The van der Waals surface area contributed by atoms with E-state index in [1.54, 1.807) is 23.4 Å². The quantitative estimate of drug-likeness (QED) is 0.913. The average Bonchev–Trinajstić information content (AvgIpc) is 3.16. The smallest absolute Gasteiger partial charge is 0.369 e. The van der Waals surface area contributed by atoms with E-state index in [9.17, 15) is 13.2 Å². The number of H-pyrrole nitrogens is 1. The fraction of sp³-hybridized carbons (Fsp3) is 0.400. The van der Waals surface area contributed by atoms with Gasteiger partial charge in [0, 0.05) is 37.2 Å². The monoisotopic (exact) mass is 310 g/mol. The molecule has 0 aliphatic carbocycles. The third-order valence-corrected chi connectivity index (χ3v) is 3.85. The predicted octanol–water partition coefficient (Wildman–Crippen LogP) is 2.80. The Morgan fingerprint density at radius 3 is 2.86 bits per heavy atom. The molecule has 1 aromatic heterocycles. The lowest BCUT2D eigenvalue weighted by Gasteiger charge is -2.23. The van der Waals surface area contributed by atoms with E-state index in [0.717, 1.165) is 18.3 Å². The van der Waals surface area contributed by atoms with Crippen LogP contribution in [0.2, 0.25) is 0 Å². The molecule has 1 atom stereocenters. The van der Waals surface area contributed by atoms with Gasteiger partial charge in [-0.1, -0.05) is 12.1 Å². The number of hydrogen-bond acceptors (Lipinski definition) is 3. The van der Waals surface area contributed by atoms with Crippen LogP contribution in [0.4, 0.5) is 18.9 Å². The van der Waals surface area contributed by atoms with Gasteiger partial charge in [-0.25, -0.2) is 4.98 Å². The molecule has 0 saturated carbocycles. The van der Waals surface area contributed by atoms with Gasteiger partial charge in [-0.15, -0.1) is 0 Å². The maximum absolute atomic E-state index is 13.1. The van der Waals surface area contributed by atoms with Gasteiger partial charge in [0.05, 0.1) is 12.1 Å². The molecule has 118 valence electrons. The van der Waals surface area contributed by atoms with Gasteiger partial charge >= 0.3 is 6.18 Å². The molecule has 22 heavy (non-hydrogen) atoms. The zero-order chi connectivity index (χ0) is 15.6. The summed E-state index contributed by atoms with van der Waals surface area (Å²) >= 11 is 0. The minimum atomic E-state index is -4.32. The molecule has 1 saturated heterocycles. The van der Waals surface area contributed by atoms with Gasteiger partial charge in [-0.05, 0) is 18.6 Å². The first-order valence-electron chi connectivity index (χ1n) is 7.17. The van der Waals surface area contributed by atoms with Crippen molar-refractivity contribution in [2.75, 3.05) is 18.0 Å². The zero-order valence-corrected chi connectivity index (χ0v) is 11.9. The summed E-state index contributed by atoms with van der Waals surface area (Å²) in [5, 5.41) is 3.33. The van der Waals surface area contributed by atoms with Crippen molar-refractivity contribution in [2.45, 2.75) is 25.2 Å². The summed E-state index contributed by atoms with van der Waals surface area (Å²) in [7, 11) is 0. The summed E-state index contributed by atoms with van der Waals surface area (Å²) in [5.74, 6) is 0.828. The van der Waals surface area contributed by atoms with Crippen molar-refractivity contribution < 1.29 is 13.2 Å². The second-order valence-electron chi connectivity index (χ2n) is 5.36. The fourth-order valence-electron chi connectivity index (χ4n) is 2.77. The minimum absolute atomic E-state index is 0.159. The topological polar surface area (TPSA) is 44.0 Å². The molecule has 1 aromatic carbocycles. The molecule has 3 rings (SSSR count). The Morgan fingerprint density at radius 2 is 2.14 bits per heavy atom. The number of alkyl halides is 3. The van der Waals surface area contributed by atoms with Crippen LogP contribution in [-0.4, -0.2) is 29.1 Å². The molecule has 2 aromatic rings. The van der Waals surface area contributed by atoms with Gasteiger partial charge in [0.1, 0.15) is 5.82 Å². The second kappa shape index (κ2) is 6.00. The lowest BCUT2D eigenvalue weighted by Crippen LogP contribution is -2.33. The summed E-state index contributed by atoms with van der Waals surface area (Å²) in [6, 6.07) is 5.91. The van der Waals surface area contributed by atoms with Gasteiger partial charge in [-0.3, -0.25) is 0 Å². The van der Waals surface area contributed by atoms with Crippen molar-refractivity contribution in [3.8, 4) is 0 Å². The van der Waals surface area contributed by atoms with Crippen molar-refractivity contribution in [1.82, 2.24) is 15.3 Å². The fourth-order valence-corrected chi connectivity index (χ4v) is 2.77. The van der Waals surface area contributed by atoms with Crippen LogP contribution < -0.4 is 10.2 Å². The van der Waals surface area contributed by atoms with Gasteiger partial charge < -0.3 is 15.2 Å². The van der Waals surface area contributed by atoms with E-state index in [2.05, 4.69) is 15.3 Å². The van der Waals surface area contributed by atoms with E-state index in [-0.39, 0.29) is 11.7 Å². The van der Waals surface area contributed by atoms with E-state index in [4.69, 9.17) is 0 Å². The third-order valence-electron chi connectivity index (χ3n) is 3.85. The van der Waals surface area contributed by atoms with Crippen LogP contribution in [0.15, 0.2) is 36.7 Å². The lowest BCUT2D eigenvalue weighted by molar-refractivity contribution is -0.137. The average molecular weight is 310 g/mol. The highest BCUT2D eigenvalue weighted by molar-refractivity contribution is 5.55. The normalized spacial score (nSPS) is 18.9. The van der Waals surface area contributed by atoms with Gasteiger partial charge in [-0.2, -0.15) is 13.2 Å². The molecule has 1 fully saturated rings. The molecule has 0 spiro atoms. The standard InChI is InChI=1S/C15H17F3N4/c16-15(17,18)12-3-1-2-4-13(12)22-8-5-11(10-22)21-9-14-19-6-7-20-14/h1-4,6-7,11,21H,5,8-10H2,(H,19,20)/t11-/m0/s1. The number of halogens is 3.